The maximum Gasteiger partial charge on any atom is 0.118 e. The third-order valence-corrected chi connectivity index (χ3v) is 3.77. The molecule has 3 nitrogen and oxygen atoms in total. The van der Waals surface area contributed by atoms with Crippen molar-refractivity contribution in [2.24, 2.45) is 0 Å². The maximum atomic E-state index is 5.83. The summed E-state index contributed by atoms with van der Waals surface area (Å²) >= 11 is 0. The van der Waals surface area contributed by atoms with E-state index in [-0.39, 0.29) is 0 Å². The van der Waals surface area contributed by atoms with Gasteiger partial charge in [-0.1, -0.05) is 26.7 Å². The molecule has 3 heteroatoms. The minimum atomic E-state index is 0.582. The second kappa shape index (κ2) is 9.19. The summed E-state index contributed by atoms with van der Waals surface area (Å²) in [4.78, 5) is 2.55. The third-order valence-electron chi connectivity index (χ3n) is 3.77. The van der Waals surface area contributed by atoms with Crippen molar-refractivity contribution < 1.29 is 4.42 Å². The molecular weight excluding hydrogens is 248 g/mol. The molecule has 1 N–H and O–H groups in total. The average Bonchev–Trinajstić information content (AvgIpc) is 2.75. The number of aryl methyl sites for hydroxylation is 1. The Bertz CT molecular complexity index is 371. The molecule has 1 rings (SSSR count). The van der Waals surface area contributed by atoms with E-state index in [1.54, 1.807) is 0 Å². The highest BCUT2D eigenvalue weighted by Gasteiger charge is 2.14. The van der Waals surface area contributed by atoms with Crippen molar-refractivity contribution >= 4 is 0 Å². The van der Waals surface area contributed by atoms with Gasteiger partial charge in [-0.05, 0) is 46.3 Å². The van der Waals surface area contributed by atoms with Crippen molar-refractivity contribution in [3.05, 3.63) is 23.2 Å². The Morgan fingerprint density at radius 1 is 1.25 bits per heavy atom. The van der Waals surface area contributed by atoms with Gasteiger partial charge in [0.25, 0.3) is 0 Å². The number of nitrogens with one attached hydrogen (secondary N) is 1. The Morgan fingerprint density at radius 3 is 2.60 bits per heavy atom. The smallest absolute Gasteiger partial charge is 0.118 e. The first-order chi connectivity index (χ1) is 9.58. The molecule has 0 aliphatic heterocycles. The topological polar surface area (TPSA) is 28.4 Å². The zero-order valence-corrected chi connectivity index (χ0v) is 14.0. The molecule has 0 amide bonds. The molecule has 0 spiro atoms. The second-order valence-corrected chi connectivity index (χ2v) is 5.85. The van der Waals surface area contributed by atoms with E-state index in [0.29, 0.717) is 6.04 Å². The molecule has 20 heavy (non-hydrogen) atoms. The molecule has 0 saturated heterocycles. The third kappa shape index (κ3) is 5.68. The molecule has 116 valence electrons. The van der Waals surface area contributed by atoms with E-state index in [0.717, 1.165) is 31.2 Å². The fourth-order valence-corrected chi connectivity index (χ4v) is 2.38. The van der Waals surface area contributed by atoms with Gasteiger partial charge in [0.1, 0.15) is 11.5 Å². The van der Waals surface area contributed by atoms with Crippen LogP contribution in [0.2, 0.25) is 0 Å². The molecule has 1 aromatic heterocycles. The fourth-order valence-electron chi connectivity index (χ4n) is 2.38. The molecule has 0 bridgehead atoms. The molecule has 0 fully saturated rings. The quantitative estimate of drug-likeness (QED) is 0.654. The Kier molecular flexibility index (Phi) is 7.93. The zero-order valence-electron chi connectivity index (χ0n) is 14.0. The summed E-state index contributed by atoms with van der Waals surface area (Å²) in [6.45, 7) is 15.0. The van der Waals surface area contributed by atoms with Gasteiger partial charge in [-0.2, -0.15) is 0 Å². The SMILES string of the molecule is CCCCCN(Cc1cc(CNCC)oc1C)C(C)C. The lowest BCUT2D eigenvalue weighted by atomic mass is 10.1. The minimum absolute atomic E-state index is 0.582. The first-order valence-electron chi connectivity index (χ1n) is 8.11. The maximum absolute atomic E-state index is 5.83. The van der Waals surface area contributed by atoms with Gasteiger partial charge in [-0.15, -0.1) is 0 Å². The number of nitrogens with zero attached hydrogens (tertiary/aromatic N) is 1. The Balaban J connectivity index is 2.60. The number of hydrogen-bond donors (Lipinski definition) is 1. The summed E-state index contributed by atoms with van der Waals surface area (Å²) in [6, 6.07) is 2.80. The number of unbranched alkanes of at least 4 members (excludes halogenated alkanes) is 2. The van der Waals surface area contributed by atoms with E-state index >= 15 is 0 Å². The minimum Gasteiger partial charge on any atom is -0.465 e. The van der Waals surface area contributed by atoms with Crippen molar-refractivity contribution in [2.75, 3.05) is 13.1 Å². The predicted molar refractivity (Wildman–Crippen MR) is 85.9 cm³/mol. The van der Waals surface area contributed by atoms with Gasteiger partial charge >= 0.3 is 0 Å². The van der Waals surface area contributed by atoms with E-state index in [1.165, 1.54) is 31.4 Å². The number of rotatable bonds is 10. The van der Waals surface area contributed by atoms with Crippen molar-refractivity contribution in [1.29, 1.82) is 0 Å². The Morgan fingerprint density at radius 2 is 2.00 bits per heavy atom. The summed E-state index contributed by atoms with van der Waals surface area (Å²) in [5, 5.41) is 3.32. The molecule has 1 aromatic rings. The van der Waals surface area contributed by atoms with Crippen LogP contribution in [0.15, 0.2) is 10.5 Å². The standard InChI is InChI=1S/C17H32N2O/c1-6-8-9-10-19(14(3)4)13-16-11-17(12-18-7-2)20-15(16)5/h11,14,18H,6-10,12-13H2,1-5H3. The highest BCUT2D eigenvalue weighted by atomic mass is 16.3. The van der Waals surface area contributed by atoms with Gasteiger partial charge in [-0.25, -0.2) is 0 Å². The van der Waals surface area contributed by atoms with Crippen LogP contribution in [0.25, 0.3) is 0 Å². The van der Waals surface area contributed by atoms with E-state index in [1.807, 2.05) is 0 Å². The van der Waals surface area contributed by atoms with Crippen molar-refractivity contribution in [1.82, 2.24) is 10.2 Å². The van der Waals surface area contributed by atoms with Crippen LogP contribution in [0, 0.1) is 6.92 Å². The van der Waals surface area contributed by atoms with Gasteiger partial charge < -0.3 is 9.73 Å². The molecule has 0 aliphatic carbocycles. The Labute approximate surface area is 124 Å². The second-order valence-electron chi connectivity index (χ2n) is 5.85. The molecule has 1 heterocycles. The van der Waals surface area contributed by atoms with Crippen molar-refractivity contribution in [2.45, 2.75) is 73.0 Å². The highest BCUT2D eigenvalue weighted by molar-refractivity contribution is 5.20. The molecule has 0 aromatic carbocycles. The van der Waals surface area contributed by atoms with Crippen LogP contribution in [0.5, 0.6) is 0 Å². The highest BCUT2D eigenvalue weighted by Crippen LogP contribution is 2.18. The average molecular weight is 280 g/mol. The normalized spacial score (nSPS) is 11.8. The summed E-state index contributed by atoms with van der Waals surface area (Å²) in [5.41, 5.74) is 1.34. The Hall–Kier alpha value is -0.800. The molecule has 0 unspecified atom stereocenters. The monoisotopic (exact) mass is 280 g/mol. The predicted octanol–water partition coefficient (Wildman–Crippen LogP) is 4.10. The summed E-state index contributed by atoms with van der Waals surface area (Å²) in [5.74, 6) is 2.12. The summed E-state index contributed by atoms with van der Waals surface area (Å²) in [6.07, 6.45) is 3.89. The first kappa shape index (κ1) is 17.3. The zero-order chi connectivity index (χ0) is 15.0. The van der Waals surface area contributed by atoms with Gasteiger partial charge in [0, 0.05) is 18.2 Å². The molecule has 0 atom stereocenters. The number of hydrogen-bond acceptors (Lipinski definition) is 3. The largest absolute Gasteiger partial charge is 0.465 e. The molecule has 0 aliphatic rings. The summed E-state index contributed by atoms with van der Waals surface area (Å²) < 4.78 is 5.83. The van der Waals surface area contributed by atoms with E-state index in [2.05, 4.69) is 50.9 Å². The molecule has 0 saturated carbocycles. The summed E-state index contributed by atoms with van der Waals surface area (Å²) in [7, 11) is 0. The lowest BCUT2D eigenvalue weighted by molar-refractivity contribution is 0.207. The lowest BCUT2D eigenvalue weighted by Gasteiger charge is -2.26. The van der Waals surface area contributed by atoms with Gasteiger partial charge in [-0.3, -0.25) is 4.90 Å². The van der Waals surface area contributed by atoms with Crippen LogP contribution in [-0.4, -0.2) is 24.0 Å². The van der Waals surface area contributed by atoms with Crippen LogP contribution < -0.4 is 5.32 Å². The molecule has 0 radical (unpaired) electrons. The van der Waals surface area contributed by atoms with Gasteiger partial charge in [0.2, 0.25) is 0 Å². The lowest BCUT2D eigenvalue weighted by Crippen LogP contribution is -2.31. The van der Waals surface area contributed by atoms with Crippen LogP contribution in [0.4, 0.5) is 0 Å². The van der Waals surface area contributed by atoms with Crippen molar-refractivity contribution in [3.8, 4) is 0 Å². The fraction of sp³-hybridized carbons (Fsp3) is 0.765. The molecular formula is C17H32N2O. The van der Waals surface area contributed by atoms with E-state index < -0.39 is 0 Å². The van der Waals surface area contributed by atoms with E-state index in [9.17, 15) is 0 Å². The first-order valence-corrected chi connectivity index (χ1v) is 8.11. The van der Waals surface area contributed by atoms with Gasteiger partial charge in [0.05, 0.1) is 6.54 Å². The van der Waals surface area contributed by atoms with Crippen molar-refractivity contribution in [3.63, 3.8) is 0 Å². The van der Waals surface area contributed by atoms with Crippen LogP contribution >= 0.6 is 0 Å². The van der Waals surface area contributed by atoms with Crippen LogP contribution in [0.1, 0.15) is 64.0 Å². The number of furan rings is 1. The van der Waals surface area contributed by atoms with E-state index in [4.69, 9.17) is 4.42 Å². The van der Waals surface area contributed by atoms with Crippen LogP contribution in [0.3, 0.4) is 0 Å². The van der Waals surface area contributed by atoms with Crippen LogP contribution in [-0.2, 0) is 13.1 Å². The van der Waals surface area contributed by atoms with Gasteiger partial charge in [0.15, 0.2) is 0 Å².